The van der Waals surface area contributed by atoms with E-state index in [0.717, 1.165) is 11.3 Å². The van der Waals surface area contributed by atoms with Crippen LogP contribution in [0.25, 0.3) is 0 Å². The fourth-order valence-electron chi connectivity index (χ4n) is 1.69. The Balaban J connectivity index is 2.06. The summed E-state index contributed by atoms with van der Waals surface area (Å²) >= 11 is 0. The lowest BCUT2D eigenvalue weighted by Crippen LogP contribution is -2.17. The lowest BCUT2D eigenvalue weighted by Gasteiger charge is -2.09. The van der Waals surface area contributed by atoms with Crippen LogP contribution in [0.15, 0.2) is 28.8 Å². The summed E-state index contributed by atoms with van der Waals surface area (Å²) in [5.41, 5.74) is 7.07. The lowest BCUT2D eigenvalue weighted by atomic mass is 10.1. The highest BCUT2D eigenvalue weighted by Gasteiger charge is 2.17. The maximum atomic E-state index is 5.97. The molecule has 0 aliphatic rings. The first kappa shape index (κ1) is 13.5. The van der Waals surface area contributed by atoms with E-state index in [1.54, 1.807) is 7.11 Å². The number of methoxy groups -OCH3 is 1. The molecule has 0 spiro atoms. The van der Waals surface area contributed by atoms with Gasteiger partial charge in [-0.3, -0.25) is 0 Å². The Labute approximate surface area is 112 Å². The Kier molecular flexibility index (Phi) is 4.16. The molecule has 2 aromatic rings. The zero-order valence-electron chi connectivity index (χ0n) is 11.5. The average Bonchev–Trinajstić information content (AvgIpc) is 2.87. The van der Waals surface area contributed by atoms with Gasteiger partial charge in [0.2, 0.25) is 5.89 Å². The van der Waals surface area contributed by atoms with E-state index in [1.165, 1.54) is 0 Å². The highest BCUT2D eigenvalue weighted by atomic mass is 16.5. The van der Waals surface area contributed by atoms with Crippen molar-refractivity contribution in [1.82, 2.24) is 10.1 Å². The van der Waals surface area contributed by atoms with Crippen molar-refractivity contribution in [3.63, 3.8) is 0 Å². The van der Waals surface area contributed by atoms with Gasteiger partial charge in [-0.05, 0) is 23.6 Å². The maximum Gasteiger partial charge on any atom is 0.243 e. The zero-order chi connectivity index (χ0) is 13.8. The molecule has 0 bridgehead atoms. The summed E-state index contributed by atoms with van der Waals surface area (Å²) in [5, 5.41) is 3.96. The van der Waals surface area contributed by atoms with Crippen LogP contribution in [-0.2, 0) is 6.42 Å². The summed E-state index contributed by atoms with van der Waals surface area (Å²) in [6, 6.07) is 7.58. The Bertz CT molecular complexity index is 520. The molecule has 0 unspecified atom stereocenters. The minimum Gasteiger partial charge on any atom is -0.497 e. The molecule has 5 nitrogen and oxygen atoms in total. The van der Waals surface area contributed by atoms with Gasteiger partial charge >= 0.3 is 0 Å². The second-order valence-electron chi connectivity index (χ2n) is 4.84. The van der Waals surface area contributed by atoms with Crippen LogP contribution in [0, 0.1) is 5.92 Å². The summed E-state index contributed by atoms with van der Waals surface area (Å²) in [5.74, 6) is 2.25. The smallest absolute Gasteiger partial charge is 0.243 e. The fourth-order valence-corrected chi connectivity index (χ4v) is 1.69. The van der Waals surface area contributed by atoms with Crippen molar-refractivity contribution in [3.8, 4) is 5.75 Å². The summed E-state index contributed by atoms with van der Waals surface area (Å²) in [6.07, 6.45) is 0.623. The van der Waals surface area contributed by atoms with E-state index >= 15 is 0 Å². The summed E-state index contributed by atoms with van der Waals surface area (Å²) in [4.78, 5) is 4.34. The van der Waals surface area contributed by atoms with Crippen LogP contribution >= 0.6 is 0 Å². The van der Waals surface area contributed by atoms with Gasteiger partial charge in [-0.2, -0.15) is 4.98 Å². The molecule has 0 radical (unpaired) electrons. The van der Waals surface area contributed by atoms with E-state index in [-0.39, 0.29) is 12.0 Å². The highest BCUT2D eigenvalue weighted by molar-refractivity contribution is 5.28. The quantitative estimate of drug-likeness (QED) is 0.894. The SMILES string of the molecule is COc1ccc(Cc2noc([C@@H](N)C(C)C)n2)cc1. The van der Waals surface area contributed by atoms with E-state index in [1.807, 2.05) is 38.1 Å². The molecular weight excluding hydrogens is 242 g/mol. The molecule has 1 atom stereocenters. The van der Waals surface area contributed by atoms with Crippen molar-refractivity contribution < 1.29 is 9.26 Å². The molecule has 1 aromatic carbocycles. The Morgan fingerprint density at radius 3 is 2.53 bits per heavy atom. The monoisotopic (exact) mass is 261 g/mol. The van der Waals surface area contributed by atoms with E-state index < -0.39 is 0 Å². The summed E-state index contributed by atoms with van der Waals surface area (Å²) in [7, 11) is 1.65. The number of nitrogens with two attached hydrogens (primary N) is 1. The standard InChI is InChI=1S/C14H19N3O2/c1-9(2)13(15)14-16-12(17-19-14)8-10-4-6-11(18-3)7-5-10/h4-7,9,13H,8,15H2,1-3H3/t13-/m0/s1. The summed E-state index contributed by atoms with van der Waals surface area (Å²) < 4.78 is 10.3. The van der Waals surface area contributed by atoms with Crippen molar-refractivity contribution >= 4 is 0 Å². The van der Waals surface area contributed by atoms with Gasteiger partial charge in [0.15, 0.2) is 5.82 Å². The normalized spacial score (nSPS) is 12.7. The number of nitrogens with zero attached hydrogens (tertiary/aromatic N) is 2. The van der Waals surface area contributed by atoms with E-state index in [9.17, 15) is 0 Å². The second-order valence-corrected chi connectivity index (χ2v) is 4.84. The molecule has 1 heterocycles. The van der Waals surface area contributed by atoms with Crippen molar-refractivity contribution in [2.45, 2.75) is 26.3 Å². The van der Waals surface area contributed by atoms with Crippen LogP contribution in [0.3, 0.4) is 0 Å². The third-order valence-corrected chi connectivity index (χ3v) is 3.01. The van der Waals surface area contributed by atoms with Gasteiger partial charge in [-0.15, -0.1) is 0 Å². The number of hydrogen-bond donors (Lipinski definition) is 1. The molecule has 19 heavy (non-hydrogen) atoms. The van der Waals surface area contributed by atoms with Gasteiger partial charge in [0.05, 0.1) is 13.2 Å². The van der Waals surface area contributed by atoms with Gasteiger partial charge < -0.3 is 15.0 Å². The van der Waals surface area contributed by atoms with Crippen molar-refractivity contribution in [2.24, 2.45) is 11.7 Å². The van der Waals surface area contributed by atoms with E-state index in [4.69, 9.17) is 15.0 Å². The number of benzene rings is 1. The van der Waals surface area contributed by atoms with Gasteiger partial charge in [0.1, 0.15) is 5.75 Å². The minimum absolute atomic E-state index is 0.211. The fraction of sp³-hybridized carbons (Fsp3) is 0.429. The highest BCUT2D eigenvalue weighted by Crippen LogP contribution is 2.18. The Hall–Kier alpha value is -1.88. The van der Waals surface area contributed by atoms with Crippen molar-refractivity contribution in [1.29, 1.82) is 0 Å². The molecule has 0 aliphatic carbocycles. The summed E-state index contributed by atoms with van der Waals surface area (Å²) in [6.45, 7) is 4.05. The maximum absolute atomic E-state index is 5.97. The number of rotatable bonds is 5. The lowest BCUT2D eigenvalue weighted by molar-refractivity contribution is 0.322. The molecule has 0 saturated carbocycles. The molecule has 0 amide bonds. The Morgan fingerprint density at radius 1 is 1.26 bits per heavy atom. The minimum atomic E-state index is -0.211. The molecule has 102 valence electrons. The third kappa shape index (κ3) is 3.32. The molecule has 2 rings (SSSR count). The first-order valence-corrected chi connectivity index (χ1v) is 6.31. The van der Waals surface area contributed by atoms with Gasteiger partial charge in [0, 0.05) is 6.42 Å². The third-order valence-electron chi connectivity index (χ3n) is 3.01. The number of aromatic nitrogens is 2. The van der Waals surface area contributed by atoms with Crippen LogP contribution in [0.1, 0.15) is 37.2 Å². The van der Waals surface area contributed by atoms with E-state index in [0.29, 0.717) is 18.1 Å². The predicted octanol–water partition coefficient (Wildman–Crippen LogP) is 2.32. The zero-order valence-corrected chi connectivity index (χ0v) is 11.5. The molecule has 2 N–H and O–H groups in total. The van der Waals surface area contributed by atoms with Crippen molar-refractivity contribution in [2.75, 3.05) is 7.11 Å². The average molecular weight is 261 g/mol. The molecule has 0 aliphatic heterocycles. The molecule has 0 fully saturated rings. The van der Waals surface area contributed by atoms with Gasteiger partial charge in [-0.1, -0.05) is 31.1 Å². The topological polar surface area (TPSA) is 74.2 Å². The van der Waals surface area contributed by atoms with Crippen LogP contribution < -0.4 is 10.5 Å². The second kappa shape index (κ2) is 5.84. The first-order valence-electron chi connectivity index (χ1n) is 6.31. The van der Waals surface area contributed by atoms with E-state index in [2.05, 4.69) is 10.1 Å². The molecule has 1 aromatic heterocycles. The van der Waals surface area contributed by atoms with Gasteiger partial charge in [-0.25, -0.2) is 0 Å². The van der Waals surface area contributed by atoms with Gasteiger partial charge in [0.25, 0.3) is 0 Å². The first-order chi connectivity index (χ1) is 9.10. The van der Waals surface area contributed by atoms with Crippen LogP contribution in [-0.4, -0.2) is 17.3 Å². The Morgan fingerprint density at radius 2 is 1.95 bits per heavy atom. The molecule has 0 saturated heterocycles. The largest absolute Gasteiger partial charge is 0.497 e. The predicted molar refractivity (Wildman–Crippen MR) is 71.9 cm³/mol. The van der Waals surface area contributed by atoms with Crippen LogP contribution in [0.2, 0.25) is 0 Å². The van der Waals surface area contributed by atoms with Crippen LogP contribution in [0.5, 0.6) is 5.75 Å². The molecular formula is C14H19N3O2. The number of hydrogen-bond acceptors (Lipinski definition) is 5. The number of ether oxygens (including phenoxy) is 1. The molecule has 5 heteroatoms. The van der Waals surface area contributed by atoms with Crippen molar-refractivity contribution in [3.05, 3.63) is 41.5 Å². The van der Waals surface area contributed by atoms with Crippen LogP contribution in [0.4, 0.5) is 0 Å².